The molecule has 156 valence electrons. The molecule has 2 heterocycles. The van der Waals surface area contributed by atoms with Gasteiger partial charge in [0.05, 0.1) is 13.5 Å². The molecule has 2 aliphatic rings. The minimum absolute atomic E-state index is 0.104. The Morgan fingerprint density at radius 2 is 1.83 bits per heavy atom. The smallest absolute Gasteiger partial charge is 0.224 e. The van der Waals surface area contributed by atoms with Crippen molar-refractivity contribution < 1.29 is 9.53 Å². The number of carbonyl (C=O) groups is 1. The number of rotatable bonds is 6. The molecule has 1 saturated heterocycles. The summed E-state index contributed by atoms with van der Waals surface area (Å²) in [7, 11) is 1.65. The Balaban J connectivity index is 1.22. The Kier molecular flexibility index (Phi) is 5.21. The maximum absolute atomic E-state index is 12.8. The third-order valence-corrected chi connectivity index (χ3v) is 6.86. The maximum atomic E-state index is 12.8. The number of aromatic nitrogens is 1. The Bertz CT molecular complexity index is 1030. The number of benzene rings is 2. The Labute approximate surface area is 177 Å². The predicted octanol–water partition coefficient (Wildman–Crippen LogP) is 3.75. The van der Waals surface area contributed by atoms with Gasteiger partial charge >= 0.3 is 0 Å². The van der Waals surface area contributed by atoms with Gasteiger partial charge in [0.1, 0.15) is 5.75 Å². The van der Waals surface area contributed by atoms with Crippen molar-refractivity contribution in [3.63, 3.8) is 0 Å². The monoisotopic (exact) mass is 403 g/mol. The second-order valence-corrected chi connectivity index (χ2v) is 8.73. The lowest BCUT2D eigenvalue weighted by molar-refractivity contribution is -0.122. The highest BCUT2D eigenvalue weighted by atomic mass is 16.5. The van der Waals surface area contributed by atoms with Gasteiger partial charge in [-0.25, -0.2) is 0 Å². The van der Waals surface area contributed by atoms with E-state index in [1.807, 2.05) is 30.5 Å². The molecule has 2 N–H and O–H groups in total. The van der Waals surface area contributed by atoms with Gasteiger partial charge in [-0.2, -0.15) is 0 Å². The molecule has 3 aromatic rings. The van der Waals surface area contributed by atoms with Crippen LogP contribution in [0.4, 0.5) is 0 Å². The summed E-state index contributed by atoms with van der Waals surface area (Å²) in [6.07, 6.45) is 4.80. The van der Waals surface area contributed by atoms with Crippen LogP contribution in [0.15, 0.2) is 54.7 Å². The van der Waals surface area contributed by atoms with Crippen LogP contribution in [0.5, 0.6) is 5.75 Å². The summed E-state index contributed by atoms with van der Waals surface area (Å²) >= 11 is 0. The molecule has 1 amide bonds. The summed E-state index contributed by atoms with van der Waals surface area (Å²) in [5.41, 5.74) is 3.53. The maximum Gasteiger partial charge on any atom is 0.224 e. The highest BCUT2D eigenvalue weighted by Crippen LogP contribution is 2.38. The van der Waals surface area contributed by atoms with Crippen molar-refractivity contribution in [1.82, 2.24) is 15.2 Å². The minimum Gasteiger partial charge on any atom is -0.496 e. The molecule has 2 aromatic carbocycles. The van der Waals surface area contributed by atoms with Crippen LogP contribution in [-0.2, 0) is 17.8 Å². The molecule has 5 rings (SSSR count). The number of fused-ring (bicyclic) bond motifs is 3. The third kappa shape index (κ3) is 3.70. The van der Waals surface area contributed by atoms with Gasteiger partial charge in [0.25, 0.3) is 0 Å². The van der Waals surface area contributed by atoms with Crippen LogP contribution in [-0.4, -0.2) is 42.0 Å². The van der Waals surface area contributed by atoms with Gasteiger partial charge in [0, 0.05) is 48.3 Å². The summed E-state index contributed by atoms with van der Waals surface area (Å²) in [5, 5.41) is 4.68. The molecule has 3 atom stereocenters. The molecular weight excluding hydrogens is 374 g/mol. The largest absolute Gasteiger partial charge is 0.496 e. The number of methoxy groups -OCH3 is 1. The number of nitrogens with one attached hydrogen (secondary N) is 2. The summed E-state index contributed by atoms with van der Waals surface area (Å²) in [5.74, 6) is 1.96. The molecule has 1 aromatic heterocycles. The molecule has 2 fully saturated rings. The number of ether oxygens (including phenoxy) is 1. The molecule has 0 radical (unpaired) electrons. The van der Waals surface area contributed by atoms with E-state index in [0.717, 1.165) is 30.9 Å². The van der Waals surface area contributed by atoms with Crippen molar-refractivity contribution in [2.45, 2.75) is 31.8 Å². The van der Waals surface area contributed by atoms with Crippen molar-refractivity contribution in [2.75, 3.05) is 20.2 Å². The highest BCUT2D eigenvalue weighted by molar-refractivity contribution is 5.82. The van der Waals surface area contributed by atoms with Crippen molar-refractivity contribution in [3.8, 4) is 5.75 Å². The standard InChI is InChI=1S/C25H29N3O2/c1-30-23-8-3-2-5-17(23)13-24(29)27-25-19-9-10-20(25)16-28(15-19)14-18-6-4-7-22-21(18)11-12-26-22/h2-8,11-12,19-20,25-26H,9-10,13-16H2,1H3,(H,27,29)/t19-,20+,25?. The number of hydrogen-bond donors (Lipinski definition) is 2. The van der Waals surface area contributed by atoms with E-state index >= 15 is 0 Å². The van der Waals surface area contributed by atoms with Crippen molar-refractivity contribution in [1.29, 1.82) is 0 Å². The topological polar surface area (TPSA) is 57.4 Å². The van der Waals surface area contributed by atoms with Gasteiger partial charge in [0.2, 0.25) is 5.91 Å². The van der Waals surface area contributed by atoms with Crippen LogP contribution < -0.4 is 10.1 Å². The lowest BCUT2D eigenvalue weighted by Gasteiger charge is -2.38. The van der Waals surface area contributed by atoms with Crippen LogP contribution in [0, 0.1) is 11.8 Å². The molecule has 2 bridgehead atoms. The summed E-state index contributed by atoms with van der Waals surface area (Å²) in [6.45, 7) is 3.08. The SMILES string of the molecule is COc1ccccc1CC(=O)NC1[C@@H]2CC[C@H]1CN(Cc1cccc3[nH]ccc13)C2. The number of piperidine rings is 1. The average molecular weight is 404 g/mol. The quantitative estimate of drug-likeness (QED) is 0.659. The first kappa shape index (κ1) is 19.2. The summed E-state index contributed by atoms with van der Waals surface area (Å²) in [4.78, 5) is 18.7. The second kappa shape index (κ2) is 8.15. The van der Waals surface area contributed by atoms with E-state index in [2.05, 4.69) is 39.5 Å². The molecule has 5 nitrogen and oxygen atoms in total. The fraction of sp³-hybridized carbons (Fsp3) is 0.400. The first-order chi connectivity index (χ1) is 14.7. The van der Waals surface area contributed by atoms with Gasteiger partial charge in [0.15, 0.2) is 0 Å². The zero-order valence-corrected chi connectivity index (χ0v) is 17.4. The van der Waals surface area contributed by atoms with Crippen molar-refractivity contribution in [2.24, 2.45) is 11.8 Å². The fourth-order valence-corrected chi connectivity index (χ4v) is 5.47. The molecule has 0 spiro atoms. The number of likely N-dealkylation sites (tertiary alicyclic amines) is 1. The van der Waals surface area contributed by atoms with E-state index in [-0.39, 0.29) is 5.91 Å². The van der Waals surface area contributed by atoms with E-state index in [4.69, 9.17) is 4.74 Å². The zero-order chi connectivity index (χ0) is 20.5. The van der Waals surface area contributed by atoms with E-state index in [1.165, 1.54) is 29.3 Å². The fourth-order valence-electron chi connectivity index (χ4n) is 5.47. The predicted molar refractivity (Wildman–Crippen MR) is 118 cm³/mol. The van der Waals surface area contributed by atoms with Gasteiger partial charge in [-0.1, -0.05) is 30.3 Å². The van der Waals surface area contributed by atoms with Crippen LogP contribution in [0.3, 0.4) is 0 Å². The Morgan fingerprint density at radius 3 is 2.63 bits per heavy atom. The highest BCUT2D eigenvalue weighted by Gasteiger charge is 2.42. The summed E-state index contributed by atoms with van der Waals surface area (Å²) < 4.78 is 5.40. The van der Waals surface area contributed by atoms with Crippen LogP contribution in [0.25, 0.3) is 10.9 Å². The van der Waals surface area contributed by atoms with Gasteiger partial charge in [-0.3, -0.25) is 9.69 Å². The Morgan fingerprint density at radius 1 is 1.07 bits per heavy atom. The number of amides is 1. The molecule has 5 heteroatoms. The van der Waals surface area contributed by atoms with Gasteiger partial charge < -0.3 is 15.0 Å². The normalized spacial score (nSPS) is 23.6. The molecule has 1 aliphatic heterocycles. The van der Waals surface area contributed by atoms with E-state index in [9.17, 15) is 4.79 Å². The van der Waals surface area contributed by atoms with E-state index in [1.54, 1.807) is 7.11 Å². The molecule has 1 saturated carbocycles. The number of para-hydroxylation sites is 1. The number of aromatic amines is 1. The number of nitrogens with zero attached hydrogens (tertiary/aromatic N) is 1. The minimum atomic E-state index is 0.104. The molecule has 30 heavy (non-hydrogen) atoms. The lowest BCUT2D eigenvalue weighted by Crippen LogP contribution is -2.52. The van der Waals surface area contributed by atoms with Gasteiger partial charge in [-0.15, -0.1) is 0 Å². The van der Waals surface area contributed by atoms with Crippen LogP contribution in [0.1, 0.15) is 24.0 Å². The average Bonchev–Trinajstić information content (AvgIpc) is 3.31. The number of H-pyrrole nitrogens is 1. The van der Waals surface area contributed by atoms with Crippen molar-refractivity contribution >= 4 is 16.8 Å². The van der Waals surface area contributed by atoms with Gasteiger partial charge in [-0.05, 0) is 48.4 Å². The molecule has 1 unspecified atom stereocenters. The van der Waals surface area contributed by atoms with Crippen molar-refractivity contribution in [3.05, 3.63) is 65.9 Å². The van der Waals surface area contributed by atoms with E-state index < -0.39 is 0 Å². The second-order valence-electron chi connectivity index (χ2n) is 8.73. The first-order valence-corrected chi connectivity index (χ1v) is 10.9. The molecule has 1 aliphatic carbocycles. The van der Waals surface area contributed by atoms with Crippen LogP contribution in [0.2, 0.25) is 0 Å². The number of hydrogen-bond acceptors (Lipinski definition) is 3. The third-order valence-electron chi connectivity index (χ3n) is 6.86. The Hall–Kier alpha value is -2.79. The van der Waals surface area contributed by atoms with E-state index in [0.29, 0.717) is 24.3 Å². The number of carbonyl (C=O) groups excluding carboxylic acids is 1. The summed E-state index contributed by atoms with van der Waals surface area (Å²) in [6, 6.07) is 16.7. The lowest BCUT2D eigenvalue weighted by atomic mass is 9.91. The first-order valence-electron chi connectivity index (χ1n) is 10.9. The van der Waals surface area contributed by atoms with Crippen LogP contribution >= 0.6 is 0 Å². The molecular formula is C25H29N3O2. The zero-order valence-electron chi connectivity index (χ0n) is 17.4.